The number of aromatic nitrogens is 1. The Morgan fingerprint density at radius 2 is 2.10 bits per heavy atom. The predicted octanol–water partition coefficient (Wildman–Crippen LogP) is 2.80. The fourth-order valence-electron chi connectivity index (χ4n) is 1.61. The fourth-order valence-corrected chi connectivity index (χ4v) is 3.45. The Hall–Kier alpha value is -0.670. The molecule has 1 aromatic rings. The van der Waals surface area contributed by atoms with Crippen molar-refractivity contribution in [3.05, 3.63) is 32.7 Å². The van der Waals surface area contributed by atoms with Gasteiger partial charge in [0.25, 0.3) is 5.56 Å². The van der Waals surface area contributed by atoms with Crippen LogP contribution in [0.4, 0.5) is 13.2 Å². The summed E-state index contributed by atoms with van der Waals surface area (Å²) in [6.45, 7) is 1.86. The summed E-state index contributed by atoms with van der Waals surface area (Å²) in [6.07, 6.45) is -2.11. The van der Waals surface area contributed by atoms with E-state index in [2.05, 4.69) is 20.7 Å². The summed E-state index contributed by atoms with van der Waals surface area (Å²) in [7, 11) is -0.380. The quantitative estimate of drug-likeness (QED) is 0.814. The average Bonchev–Trinajstić information content (AvgIpc) is 2.37. The van der Waals surface area contributed by atoms with Crippen LogP contribution >= 0.6 is 15.9 Å². The number of hydrogen-bond donors (Lipinski definition) is 1. The number of pyridine rings is 1. The minimum atomic E-state index is -4.66. The molecule has 0 aliphatic carbocycles. The van der Waals surface area contributed by atoms with Crippen LogP contribution in [0.2, 0.25) is 0 Å². The summed E-state index contributed by atoms with van der Waals surface area (Å²) in [6, 6.07) is -1.26. The highest BCUT2D eigenvalue weighted by Gasteiger charge is 2.43. The van der Waals surface area contributed by atoms with Gasteiger partial charge >= 0.3 is 6.18 Å². The van der Waals surface area contributed by atoms with E-state index in [1.807, 2.05) is 6.92 Å². The van der Waals surface area contributed by atoms with E-state index in [0.717, 1.165) is 17.1 Å². The van der Waals surface area contributed by atoms with Crippen molar-refractivity contribution < 1.29 is 17.4 Å². The molecule has 1 N–H and O–H groups in total. The summed E-state index contributed by atoms with van der Waals surface area (Å²) in [5.41, 5.74) is -0.834. The summed E-state index contributed by atoms with van der Waals surface area (Å²) in [4.78, 5) is 11.6. The first-order valence-corrected chi connectivity index (χ1v) is 8.35. The van der Waals surface area contributed by atoms with Crippen molar-refractivity contribution >= 4 is 26.9 Å². The molecule has 0 bridgehead atoms. The standard InChI is InChI=1S/C12H16BrF3N2O2S/c1-3-4-5-21(20)17-11(12(14,15)16)8-6-10(19)18(2)7-9(8)13/h6-7,11,17H,3-5H2,1-2H3/t11-,21+/m1/s1. The van der Waals surface area contributed by atoms with Gasteiger partial charge in [0.15, 0.2) is 0 Å². The first-order chi connectivity index (χ1) is 9.66. The highest BCUT2D eigenvalue weighted by molar-refractivity contribution is 9.10. The second kappa shape index (κ2) is 7.55. The molecule has 21 heavy (non-hydrogen) atoms. The third kappa shape index (κ3) is 5.23. The topological polar surface area (TPSA) is 51.1 Å². The molecule has 2 atom stereocenters. The second-order valence-electron chi connectivity index (χ2n) is 4.52. The van der Waals surface area contributed by atoms with Crippen molar-refractivity contribution in [2.24, 2.45) is 7.05 Å². The van der Waals surface area contributed by atoms with Gasteiger partial charge in [0.2, 0.25) is 0 Å². The Balaban J connectivity index is 3.13. The van der Waals surface area contributed by atoms with Gasteiger partial charge in [-0.1, -0.05) is 13.3 Å². The zero-order chi connectivity index (χ0) is 16.2. The number of nitrogens with one attached hydrogen (secondary N) is 1. The summed E-state index contributed by atoms with van der Waals surface area (Å²) in [5.74, 6) is 0.130. The smallest absolute Gasteiger partial charge is 0.317 e. The lowest BCUT2D eigenvalue weighted by Gasteiger charge is -2.22. The van der Waals surface area contributed by atoms with Crippen molar-refractivity contribution in [3.8, 4) is 0 Å². The maximum absolute atomic E-state index is 13.2. The minimum absolute atomic E-state index is 0.130. The van der Waals surface area contributed by atoms with Gasteiger partial charge in [0, 0.05) is 35.1 Å². The van der Waals surface area contributed by atoms with Gasteiger partial charge in [-0.05, 0) is 22.4 Å². The predicted molar refractivity (Wildman–Crippen MR) is 79.2 cm³/mol. The molecule has 0 unspecified atom stereocenters. The van der Waals surface area contributed by atoms with Crippen LogP contribution in [0.25, 0.3) is 0 Å². The number of hydrogen-bond acceptors (Lipinski definition) is 2. The maximum Gasteiger partial charge on any atom is 0.408 e. The molecule has 1 aromatic heterocycles. The van der Waals surface area contributed by atoms with Gasteiger partial charge in [-0.15, -0.1) is 0 Å². The van der Waals surface area contributed by atoms with E-state index in [0.29, 0.717) is 6.42 Å². The highest BCUT2D eigenvalue weighted by atomic mass is 79.9. The summed E-state index contributed by atoms with van der Waals surface area (Å²) < 4.78 is 54.6. The Bertz CT molecular complexity index is 575. The van der Waals surface area contributed by atoms with Crippen LogP contribution < -0.4 is 10.3 Å². The fraction of sp³-hybridized carbons (Fsp3) is 0.583. The first-order valence-electron chi connectivity index (χ1n) is 6.24. The van der Waals surface area contributed by atoms with Crippen LogP contribution in [0, 0.1) is 0 Å². The Morgan fingerprint density at radius 3 is 2.62 bits per heavy atom. The Morgan fingerprint density at radius 1 is 1.48 bits per heavy atom. The third-order valence-electron chi connectivity index (χ3n) is 2.78. The molecule has 0 saturated heterocycles. The number of unbranched alkanes of at least 4 members (excludes halogenated alkanes) is 1. The maximum atomic E-state index is 13.2. The van der Waals surface area contributed by atoms with Crippen molar-refractivity contribution in [1.29, 1.82) is 0 Å². The van der Waals surface area contributed by atoms with Crippen LogP contribution in [0.3, 0.4) is 0 Å². The van der Waals surface area contributed by atoms with E-state index in [-0.39, 0.29) is 15.8 Å². The number of halogens is 4. The second-order valence-corrected chi connectivity index (χ2v) is 6.71. The van der Waals surface area contributed by atoms with Crippen molar-refractivity contribution in [1.82, 2.24) is 9.29 Å². The molecule has 0 amide bonds. The largest absolute Gasteiger partial charge is 0.408 e. The first kappa shape index (κ1) is 18.4. The molecule has 0 spiro atoms. The lowest BCUT2D eigenvalue weighted by molar-refractivity contribution is -0.153. The van der Waals surface area contributed by atoms with Crippen LogP contribution in [-0.2, 0) is 18.0 Å². The highest BCUT2D eigenvalue weighted by Crippen LogP contribution is 2.35. The van der Waals surface area contributed by atoms with Crippen LogP contribution in [0.1, 0.15) is 31.4 Å². The van der Waals surface area contributed by atoms with E-state index in [1.54, 1.807) is 0 Å². The van der Waals surface area contributed by atoms with Crippen LogP contribution in [-0.4, -0.2) is 20.7 Å². The van der Waals surface area contributed by atoms with Crippen LogP contribution in [0.15, 0.2) is 21.5 Å². The van der Waals surface area contributed by atoms with E-state index < -0.39 is 28.8 Å². The van der Waals surface area contributed by atoms with E-state index in [4.69, 9.17) is 0 Å². The summed E-state index contributed by atoms with van der Waals surface area (Å²) >= 11 is 3.02. The molecule has 0 fully saturated rings. The average molecular weight is 389 g/mol. The van der Waals surface area contributed by atoms with E-state index in [9.17, 15) is 22.2 Å². The van der Waals surface area contributed by atoms with Crippen LogP contribution in [0.5, 0.6) is 0 Å². The van der Waals surface area contributed by atoms with Gasteiger partial charge in [-0.25, -0.2) is 8.93 Å². The molecule has 120 valence electrons. The van der Waals surface area contributed by atoms with Crippen molar-refractivity contribution in [2.75, 3.05) is 5.75 Å². The Kier molecular flexibility index (Phi) is 6.61. The molecule has 9 heteroatoms. The molecule has 1 rings (SSSR count). The molecule has 1 heterocycles. The van der Waals surface area contributed by atoms with Gasteiger partial charge in [-0.3, -0.25) is 4.79 Å². The minimum Gasteiger partial charge on any atom is -0.317 e. The molecule has 0 saturated carbocycles. The molecule has 4 nitrogen and oxygen atoms in total. The van der Waals surface area contributed by atoms with Crippen molar-refractivity contribution in [3.63, 3.8) is 0 Å². The monoisotopic (exact) mass is 388 g/mol. The lowest BCUT2D eigenvalue weighted by Crippen LogP contribution is -2.37. The van der Waals surface area contributed by atoms with E-state index in [1.165, 1.54) is 13.2 Å². The molecule has 0 radical (unpaired) electrons. The molecule has 0 aromatic carbocycles. The molecular weight excluding hydrogens is 373 g/mol. The summed E-state index contributed by atoms with van der Waals surface area (Å²) in [5, 5.41) is 0. The van der Waals surface area contributed by atoms with Gasteiger partial charge in [0.05, 0.1) is 11.0 Å². The van der Waals surface area contributed by atoms with Crippen molar-refractivity contribution in [2.45, 2.75) is 32.0 Å². The molecular formula is C12H16BrF3N2O2S. The van der Waals surface area contributed by atoms with Gasteiger partial charge in [-0.2, -0.15) is 13.2 Å². The number of alkyl halides is 3. The van der Waals surface area contributed by atoms with E-state index >= 15 is 0 Å². The zero-order valence-corrected chi connectivity index (χ0v) is 13.9. The number of rotatable bonds is 6. The third-order valence-corrected chi connectivity index (χ3v) is 4.60. The Labute approximate surface area is 131 Å². The zero-order valence-electron chi connectivity index (χ0n) is 11.5. The normalized spacial score (nSPS) is 15.0. The molecule has 0 aliphatic rings. The van der Waals surface area contributed by atoms with Gasteiger partial charge < -0.3 is 4.57 Å². The lowest BCUT2D eigenvalue weighted by atomic mass is 10.1. The SMILES string of the molecule is CCCC[S@](=O)N[C@H](c1cc(=O)n(C)cc1Br)C(F)(F)F. The molecule has 0 aliphatic heterocycles. The number of aryl methyl sites for hydroxylation is 1. The number of nitrogens with zero attached hydrogens (tertiary/aromatic N) is 1. The van der Waals surface area contributed by atoms with Gasteiger partial charge in [0.1, 0.15) is 6.04 Å².